The molecule has 0 aromatic carbocycles. The minimum atomic E-state index is -0.0329. The maximum Gasteiger partial charge on any atom is 0.315 e. The number of carbonyl (C=O) groups is 1. The van der Waals surface area contributed by atoms with Gasteiger partial charge in [0.05, 0.1) is 0 Å². The van der Waals surface area contributed by atoms with E-state index in [1.54, 1.807) is 0 Å². The van der Waals surface area contributed by atoms with Gasteiger partial charge in [-0.3, -0.25) is 0 Å². The Balaban J connectivity index is 2.13. The number of aliphatic hydroxyl groups excluding tert-OH is 1. The van der Waals surface area contributed by atoms with Gasteiger partial charge in [-0.25, -0.2) is 4.79 Å². The Bertz CT molecular complexity index is 274. The topological polar surface area (TPSA) is 61.4 Å². The third-order valence-corrected chi connectivity index (χ3v) is 4.24. The molecule has 0 bridgehead atoms. The molecule has 1 atom stereocenters. The third-order valence-electron chi connectivity index (χ3n) is 4.24. The van der Waals surface area contributed by atoms with Crippen molar-refractivity contribution in [3.05, 3.63) is 0 Å². The van der Waals surface area contributed by atoms with Crippen LogP contribution in [0.3, 0.4) is 0 Å². The maximum atomic E-state index is 11.9. The summed E-state index contributed by atoms with van der Waals surface area (Å²) in [5.41, 5.74) is 0. The molecule has 1 aliphatic carbocycles. The third kappa shape index (κ3) is 7.13. The summed E-state index contributed by atoms with van der Waals surface area (Å²) < 4.78 is 0. The van der Waals surface area contributed by atoms with Crippen LogP contribution in [-0.4, -0.2) is 29.8 Å². The fourth-order valence-corrected chi connectivity index (χ4v) is 2.84. The largest absolute Gasteiger partial charge is 0.396 e. The van der Waals surface area contributed by atoms with E-state index in [2.05, 4.69) is 31.4 Å². The quantitative estimate of drug-likeness (QED) is 0.673. The number of rotatable bonds is 7. The van der Waals surface area contributed by atoms with E-state index in [1.165, 1.54) is 12.8 Å². The van der Waals surface area contributed by atoms with Gasteiger partial charge in [-0.2, -0.15) is 0 Å². The molecule has 1 aliphatic rings. The number of nitrogens with one attached hydrogen (secondary N) is 2. The molecular formula is C16H32N2O2. The molecule has 1 rings (SSSR count). The number of hydrogen-bond acceptors (Lipinski definition) is 2. The second kappa shape index (κ2) is 9.22. The molecule has 118 valence electrons. The Morgan fingerprint density at radius 3 is 2.35 bits per heavy atom. The van der Waals surface area contributed by atoms with Gasteiger partial charge in [-0.1, -0.05) is 26.7 Å². The summed E-state index contributed by atoms with van der Waals surface area (Å²) in [7, 11) is 0. The highest BCUT2D eigenvalue weighted by Crippen LogP contribution is 2.23. The van der Waals surface area contributed by atoms with Crippen LogP contribution in [0.15, 0.2) is 0 Å². The van der Waals surface area contributed by atoms with Gasteiger partial charge in [0.1, 0.15) is 0 Å². The van der Waals surface area contributed by atoms with Crippen molar-refractivity contribution in [2.24, 2.45) is 11.8 Å². The van der Waals surface area contributed by atoms with Gasteiger partial charge in [0.2, 0.25) is 0 Å². The number of amides is 2. The summed E-state index contributed by atoms with van der Waals surface area (Å²) in [6.07, 6.45) is 7.44. The van der Waals surface area contributed by atoms with Crippen molar-refractivity contribution in [1.82, 2.24) is 10.6 Å². The van der Waals surface area contributed by atoms with E-state index >= 15 is 0 Å². The van der Waals surface area contributed by atoms with Crippen molar-refractivity contribution in [1.29, 1.82) is 0 Å². The van der Waals surface area contributed by atoms with Crippen LogP contribution in [-0.2, 0) is 0 Å². The lowest BCUT2D eigenvalue weighted by atomic mass is 9.87. The highest BCUT2D eigenvalue weighted by atomic mass is 16.3. The standard InChI is InChI=1S/C16H32N2O2/c1-12(2)5-4-6-13(3)17-16(20)18-15-9-7-14(11-19)8-10-15/h12-15,19H,4-11H2,1-3H3,(H2,17,18,20). The van der Waals surface area contributed by atoms with Crippen molar-refractivity contribution in [2.75, 3.05) is 6.61 Å². The van der Waals surface area contributed by atoms with Crippen molar-refractivity contribution in [2.45, 2.75) is 77.8 Å². The Labute approximate surface area is 123 Å². The highest BCUT2D eigenvalue weighted by molar-refractivity contribution is 5.74. The monoisotopic (exact) mass is 284 g/mol. The highest BCUT2D eigenvalue weighted by Gasteiger charge is 2.22. The lowest BCUT2D eigenvalue weighted by molar-refractivity contribution is 0.174. The molecule has 4 heteroatoms. The first-order valence-corrected chi connectivity index (χ1v) is 8.19. The van der Waals surface area contributed by atoms with Crippen molar-refractivity contribution in [3.63, 3.8) is 0 Å². The van der Waals surface area contributed by atoms with Crippen LogP contribution < -0.4 is 10.6 Å². The summed E-state index contributed by atoms with van der Waals surface area (Å²) in [6, 6.07) is 0.484. The van der Waals surface area contributed by atoms with Crippen molar-refractivity contribution >= 4 is 6.03 Å². The molecule has 2 amide bonds. The molecule has 3 N–H and O–H groups in total. The zero-order valence-corrected chi connectivity index (χ0v) is 13.3. The molecule has 0 aromatic heterocycles. The summed E-state index contributed by atoms with van der Waals surface area (Å²) in [4.78, 5) is 11.9. The molecule has 0 radical (unpaired) electrons. The summed E-state index contributed by atoms with van der Waals surface area (Å²) in [5.74, 6) is 1.17. The van der Waals surface area contributed by atoms with Gasteiger partial charge in [0, 0.05) is 18.7 Å². The Morgan fingerprint density at radius 2 is 1.80 bits per heavy atom. The molecule has 4 nitrogen and oxygen atoms in total. The van der Waals surface area contributed by atoms with Crippen LogP contribution in [0.2, 0.25) is 0 Å². The second-order valence-electron chi connectivity index (χ2n) is 6.74. The first-order valence-electron chi connectivity index (χ1n) is 8.19. The van der Waals surface area contributed by atoms with E-state index in [0.717, 1.165) is 38.0 Å². The van der Waals surface area contributed by atoms with Crippen LogP contribution >= 0.6 is 0 Å². The van der Waals surface area contributed by atoms with E-state index in [1.807, 2.05) is 0 Å². The molecule has 1 fully saturated rings. The Hall–Kier alpha value is -0.770. The average Bonchev–Trinajstić information content (AvgIpc) is 2.38. The predicted octanol–water partition coefficient (Wildman–Crippen LogP) is 3.05. The molecule has 20 heavy (non-hydrogen) atoms. The summed E-state index contributed by atoms with van der Waals surface area (Å²) in [5, 5.41) is 15.2. The number of urea groups is 1. The summed E-state index contributed by atoms with van der Waals surface area (Å²) >= 11 is 0. The van der Waals surface area contributed by atoms with E-state index in [9.17, 15) is 4.79 Å². The van der Waals surface area contributed by atoms with Crippen molar-refractivity contribution in [3.8, 4) is 0 Å². The van der Waals surface area contributed by atoms with E-state index < -0.39 is 0 Å². The molecule has 1 unspecified atom stereocenters. The predicted molar refractivity (Wildman–Crippen MR) is 82.7 cm³/mol. The van der Waals surface area contributed by atoms with Gasteiger partial charge in [0.15, 0.2) is 0 Å². The lowest BCUT2D eigenvalue weighted by Crippen LogP contribution is -2.46. The fraction of sp³-hybridized carbons (Fsp3) is 0.938. The van der Waals surface area contributed by atoms with Gasteiger partial charge >= 0.3 is 6.03 Å². The number of hydrogen-bond donors (Lipinski definition) is 3. The zero-order valence-electron chi connectivity index (χ0n) is 13.3. The molecule has 0 aromatic rings. The van der Waals surface area contributed by atoms with E-state index in [4.69, 9.17) is 5.11 Å². The van der Waals surface area contributed by atoms with E-state index in [0.29, 0.717) is 5.92 Å². The number of aliphatic hydroxyl groups is 1. The molecule has 1 saturated carbocycles. The van der Waals surface area contributed by atoms with Crippen LogP contribution in [0, 0.1) is 11.8 Å². The average molecular weight is 284 g/mol. The normalized spacial score (nSPS) is 24.4. The summed E-state index contributed by atoms with van der Waals surface area (Å²) in [6.45, 7) is 6.81. The zero-order chi connectivity index (χ0) is 15.0. The van der Waals surface area contributed by atoms with Gasteiger partial charge < -0.3 is 15.7 Å². The SMILES string of the molecule is CC(C)CCCC(C)NC(=O)NC1CCC(CO)CC1. The Morgan fingerprint density at radius 1 is 1.15 bits per heavy atom. The van der Waals surface area contributed by atoms with Gasteiger partial charge in [-0.05, 0) is 50.9 Å². The smallest absolute Gasteiger partial charge is 0.315 e. The van der Waals surface area contributed by atoms with Gasteiger partial charge in [0.25, 0.3) is 0 Å². The molecule has 0 heterocycles. The van der Waals surface area contributed by atoms with Crippen LogP contribution in [0.1, 0.15) is 65.7 Å². The van der Waals surface area contributed by atoms with E-state index in [-0.39, 0.29) is 24.7 Å². The van der Waals surface area contributed by atoms with Crippen molar-refractivity contribution < 1.29 is 9.90 Å². The first kappa shape index (κ1) is 17.3. The Kier molecular flexibility index (Phi) is 7.97. The lowest BCUT2D eigenvalue weighted by Gasteiger charge is -2.28. The second-order valence-corrected chi connectivity index (χ2v) is 6.74. The van der Waals surface area contributed by atoms with Crippen LogP contribution in [0.4, 0.5) is 4.79 Å². The molecule has 0 spiro atoms. The minimum absolute atomic E-state index is 0.0329. The number of carbonyl (C=O) groups excluding carboxylic acids is 1. The van der Waals surface area contributed by atoms with Crippen LogP contribution in [0.5, 0.6) is 0 Å². The molecular weight excluding hydrogens is 252 g/mol. The van der Waals surface area contributed by atoms with Gasteiger partial charge in [-0.15, -0.1) is 0 Å². The molecule has 0 saturated heterocycles. The molecule has 0 aliphatic heterocycles. The van der Waals surface area contributed by atoms with Crippen LogP contribution in [0.25, 0.3) is 0 Å². The minimum Gasteiger partial charge on any atom is -0.396 e. The fourth-order valence-electron chi connectivity index (χ4n) is 2.84. The first-order chi connectivity index (χ1) is 9.51. The maximum absolute atomic E-state index is 11.9.